The van der Waals surface area contributed by atoms with Gasteiger partial charge in [0.2, 0.25) is 0 Å². The second kappa shape index (κ2) is 6.67. The fourth-order valence-corrected chi connectivity index (χ4v) is 3.68. The predicted octanol–water partition coefficient (Wildman–Crippen LogP) is 4.48. The molecule has 3 heteroatoms. The number of nitrogens with two attached hydrogens (primary N) is 1. The van der Waals surface area contributed by atoms with Gasteiger partial charge in [-0.3, -0.25) is 0 Å². The number of thioether (sulfide) groups is 1. The Hall–Kier alpha value is -0.180. The lowest BCUT2D eigenvalue weighted by Crippen LogP contribution is -2.33. The summed E-state index contributed by atoms with van der Waals surface area (Å²) in [7, 11) is 0. The molecule has 0 spiro atoms. The van der Waals surface area contributed by atoms with Gasteiger partial charge in [0.25, 0.3) is 0 Å². The minimum Gasteiger partial charge on any atom is -0.327 e. The molecule has 0 bridgehead atoms. The molecule has 1 aliphatic rings. The maximum Gasteiger partial charge on any atom is 0.0406 e. The molecule has 2 N–H and O–H groups in total. The molecule has 1 nitrogen and oxygen atoms in total. The zero-order valence-electron chi connectivity index (χ0n) is 10.1. The lowest BCUT2D eigenvalue weighted by atomic mass is 9.97. The summed E-state index contributed by atoms with van der Waals surface area (Å²) in [6.07, 6.45) is 7.74. The molecule has 1 saturated carbocycles. The quantitative estimate of drug-likeness (QED) is 0.857. The number of hydrogen-bond acceptors (Lipinski definition) is 2. The van der Waals surface area contributed by atoms with Crippen LogP contribution in [-0.4, -0.2) is 11.3 Å². The van der Waals surface area contributed by atoms with Crippen molar-refractivity contribution in [3.8, 4) is 0 Å². The normalized spacial score (nSPS) is 26.2. The molecule has 0 heterocycles. The molecule has 0 amide bonds. The maximum atomic E-state index is 6.28. The molecule has 17 heavy (non-hydrogen) atoms. The predicted molar refractivity (Wildman–Crippen MR) is 76.8 cm³/mol. The Labute approximate surface area is 113 Å². The monoisotopic (exact) mass is 269 g/mol. The maximum absolute atomic E-state index is 6.28. The first kappa shape index (κ1) is 13.3. The van der Waals surface area contributed by atoms with E-state index in [2.05, 4.69) is 12.1 Å². The van der Waals surface area contributed by atoms with Crippen molar-refractivity contribution in [3.63, 3.8) is 0 Å². The fourth-order valence-electron chi connectivity index (χ4n) is 2.31. The molecule has 2 unspecified atom stereocenters. The van der Waals surface area contributed by atoms with E-state index in [1.807, 2.05) is 23.9 Å². The fraction of sp³-hybridized carbons (Fsp3) is 0.571. The molecule has 2 rings (SSSR count). The zero-order valence-corrected chi connectivity index (χ0v) is 11.6. The topological polar surface area (TPSA) is 26.0 Å². The highest BCUT2D eigenvalue weighted by Crippen LogP contribution is 2.32. The minimum absolute atomic E-state index is 0.343. The van der Waals surface area contributed by atoms with Gasteiger partial charge >= 0.3 is 0 Å². The van der Waals surface area contributed by atoms with Crippen LogP contribution in [0, 0.1) is 0 Å². The molecule has 0 aliphatic heterocycles. The van der Waals surface area contributed by atoms with Crippen molar-refractivity contribution in [3.05, 3.63) is 29.3 Å². The Bertz CT molecular complexity index is 339. The van der Waals surface area contributed by atoms with Crippen molar-refractivity contribution in [1.29, 1.82) is 0 Å². The first-order valence-corrected chi connectivity index (χ1v) is 7.69. The summed E-state index contributed by atoms with van der Waals surface area (Å²) in [5, 5.41) is 1.37. The summed E-state index contributed by atoms with van der Waals surface area (Å²) < 4.78 is 0. The summed E-state index contributed by atoms with van der Waals surface area (Å²) in [6, 6.07) is 8.45. The van der Waals surface area contributed by atoms with Gasteiger partial charge in [-0.25, -0.2) is 0 Å². The smallest absolute Gasteiger partial charge is 0.0406 e. The molecule has 1 aliphatic carbocycles. The Morgan fingerprint density at radius 3 is 2.35 bits per heavy atom. The highest BCUT2D eigenvalue weighted by Gasteiger charge is 2.20. The van der Waals surface area contributed by atoms with Gasteiger partial charge in [0.1, 0.15) is 0 Å². The highest BCUT2D eigenvalue weighted by molar-refractivity contribution is 8.00. The average Bonchev–Trinajstić information content (AvgIpc) is 2.31. The van der Waals surface area contributed by atoms with E-state index >= 15 is 0 Å². The van der Waals surface area contributed by atoms with Crippen molar-refractivity contribution >= 4 is 23.4 Å². The molecule has 1 fully saturated rings. The number of benzene rings is 1. The van der Waals surface area contributed by atoms with Crippen molar-refractivity contribution in [2.24, 2.45) is 5.73 Å². The van der Waals surface area contributed by atoms with Crippen LogP contribution in [0.5, 0.6) is 0 Å². The van der Waals surface area contributed by atoms with E-state index in [1.54, 1.807) is 0 Å². The Morgan fingerprint density at radius 2 is 1.65 bits per heavy atom. The summed E-state index contributed by atoms with van der Waals surface area (Å²) >= 11 is 7.82. The molecule has 2 atom stereocenters. The Morgan fingerprint density at radius 1 is 1.00 bits per heavy atom. The van der Waals surface area contributed by atoms with Gasteiger partial charge < -0.3 is 5.73 Å². The van der Waals surface area contributed by atoms with Crippen molar-refractivity contribution in [2.75, 3.05) is 0 Å². The van der Waals surface area contributed by atoms with Gasteiger partial charge in [0.05, 0.1) is 0 Å². The molecule has 0 radical (unpaired) electrons. The van der Waals surface area contributed by atoms with Gasteiger partial charge in [-0.1, -0.05) is 37.3 Å². The van der Waals surface area contributed by atoms with Crippen LogP contribution in [0.15, 0.2) is 29.2 Å². The highest BCUT2D eigenvalue weighted by atomic mass is 35.5. The second-order valence-electron chi connectivity index (χ2n) is 4.77. The first-order chi connectivity index (χ1) is 8.25. The van der Waals surface area contributed by atoms with Crippen LogP contribution >= 0.6 is 23.4 Å². The standard InChI is InChI=1S/C14H20ClNS/c15-11-7-9-12(10-8-11)17-14-6-4-2-1-3-5-13(14)16/h7-10,13-14H,1-6,16H2. The minimum atomic E-state index is 0.343. The van der Waals surface area contributed by atoms with E-state index in [0.717, 1.165) is 5.02 Å². The van der Waals surface area contributed by atoms with Crippen molar-refractivity contribution in [2.45, 2.75) is 54.7 Å². The van der Waals surface area contributed by atoms with Crippen LogP contribution in [0.1, 0.15) is 38.5 Å². The van der Waals surface area contributed by atoms with Crippen LogP contribution in [0.25, 0.3) is 0 Å². The van der Waals surface area contributed by atoms with Crippen LogP contribution in [0.3, 0.4) is 0 Å². The lowest BCUT2D eigenvalue weighted by molar-refractivity contribution is 0.463. The van der Waals surface area contributed by atoms with Crippen LogP contribution in [0.4, 0.5) is 0 Å². The van der Waals surface area contributed by atoms with Gasteiger partial charge in [-0.15, -0.1) is 11.8 Å². The van der Waals surface area contributed by atoms with E-state index in [9.17, 15) is 0 Å². The third-order valence-corrected chi connectivity index (χ3v) is 5.04. The van der Waals surface area contributed by atoms with Gasteiger partial charge in [-0.05, 0) is 37.1 Å². The first-order valence-electron chi connectivity index (χ1n) is 6.43. The molecule has 0 aromatic heterocycles. The summed E-state index contributed by atoms with van der Waals surface area (Å²) in [6.45, 7) is 0. The van der Waals surface area contributed by atoms with Crippen molar-refractivity contribution in [1.82, 2.24) is 0 Å². The summed E-state index contributed by atoms with van der Waals surface area (Å²) in [5.74, 6) is 0. The summed E-state index contributed by atoms with van der Waals surface area (Å²) in [4.78, 5) is 1.29. The number of rotatable bonds is 2. The molecule has 1 aromatic rings. The van der Waals surface area contributed by atoms with Crippen molar-refractivity contribution < 1.29 is 0 Å². The van der Waals surface area contributed by atoms with E-state index in [1.165, 1.54) is 43.4 Å². The summed E-state index contributed by atoms with van der Waals surface area (Å²) in [5.41, 5.74) is 6.28. The second-order valence-corrected chi connectivity index (χ2v) is 6.51. The third-order valence-electron chi connectivity index (χ3n) is 3.35. The van der Waals surface area contributed by atoms with E-state index < -0.39 is 0 Å². The largest absolute Gasteiger partial charge is 0.327 e. The number of halogens is 1. The Balaban J connectivity index is 1.97. The lowest BCUT2D eigenvalue weighted by Gasteiger charge is -2.25. The third kappa shape index (κ3) is 4.20. The van der Waals surface area contributed by atoms with E-state index in [0.29, 0.717) is 11.3 Å². The van der Waals surface area contributed by atoms with E-state index in [4.69, 9.17) is 17.3 Å². The van der Waals surface area contributed by atoms with Gasteiger partial charge in [-0.2, -0.15) is 0 Å². The van der Waals surface area contributed by atoms with Crippen LogP contribution in [0.2, 0.25) is 5.02 Å². The molecular weight excluding hydrogens is 250 g/mol. The molecular formula is C14H20ClNS. The average molecular weight is 270 g/mol. The van der Waals surface area contributed by atoms with Gasteiger partial charge in [0, 0.05) is 21.2 Å². The number of hydrogen-bond donors (Lipinski definition) is 1. The molecule has 0 saturated heterocycles. The Kier molecular flexibility index (Phi) is 5.20. The molecule has 1 aromatic carbocycles. The van der Waals surface area contributed by atoms with Gasteiger partial charge in [0.15, 0.2) is 0 Å². The van der Waals surface area contributed by atoms with Crippen LogP contribution in [-0.2, 0) is 0 Å². The SMILES string of the molecule is NC1CCCCCCC1Sc1ccc(Cl)cc1. The zero-order chi connectivity index (χ0) is 12.1. The van der Waals surface area contributed by atoms with E-state index in [-0.39, 0.29) is 0 Å². The van der Waals surface area contributed by atoms with Crippen LogP contribution < -0.4 is 5.73 Å². The molecule has 94 valence electrons.